The normalized spacial score (nSPS) is 11.4. The molecular formula is C27H17Cl2N3O4. The predicted molar refractivity (Wildman–Crippen MR) is 141 cm³/mol. The van der Waals surface area contributed by atoms with E-state index in [2.05, 4.69) is 9.98 Å². The highest BCUT2D eigenvalue weighted by atomic mass is 35.5. The van der Waals surface area contributed by atoms with Crippen molar-refractivity contribution >= 4 is 51.9 Å². The summed E-state index contributed by atoms with van der Waals surface area (Å²) in [5, 5.41) is 22.9. The van der Waals surface area contributed by atoms with Gasteiger partial charge in [0.05, 0.1) is 21.2 Å². The van der Waals surface area contributed by atoms with Gasteiger partial charge in [0.1, 0.15) is 5.52 Å². The summed E-state index contributed by atoms with van der Waals surface area (Å²) in [5.41, 5.74) is 3.77. The summed E-state index contributed by atoms with van der Waals surface area (Å²) in [6.07, 6.45) is 1.87. The maximum atomic E-state index is 11.5. The maximum Gasteiger partial charge on any atom is 0.311 e. The lowest BCUT2D eigenvalue weighted by molar-refractivity contribution is -0.385. The van der Waals surface area contributed by atoms with Crippen LogP contribution in [0.2, 0.25) is 10.0 Å². The van der Waals surface area contributed by atoms with Gasteiger partial charge in [0, 0.05) is 22.9 Å². The molecule has 0 amide bonds. The van der Waals surface area contributed by atoms with Crippen LogP contribution >= 0.6 is 23.2 Å². The van der Waals surface area contributed by atoms with Crippen molar-refractivity contribution in [2.75, 3.05) is 0 Å². The SMILES string of the molecule is O=[N+]([O-])c1cc(Cc2ccccc2)cc(C=Nc2ccc3oc(-c4ccc(Cl)cc4Cl)nc3c2)c1O. The largest absolute Gasteiger partial charge is 0.502 e. The summed E-state index contributed by atoms with van der Waals surface area (Å²) in [6.45, 7) is 0. The molecule has 5 aromatic rings. The maximum absolute atomic E-state index is 11.5. The Bertz CT molecular complexity index is 1630. The summed E-state index contributed by atoms with van der Waals surface area (Å²) in [7, 11) is 0. The first-order chi connectivity index (χ1) is 17.4. The summed E-state index contributed by atoms with van der Waals surface area (Å²) in [4.78, 5) is 19.8. The van der Waals surface area contributed by atoms with Crippen molar-refractivity contribution in [3.63, 3.8) is 0 Å². The van der Waals surface area contributed by atoms with Crippen molar-refractivity contribution in [1.29, 1.82) is 0 Å². The zero-order valence-electron chi connectivity index (χ0n) is 18.6. The minimum absolute atomic E-state index is 0.240. The molecule has 1 aromatic heterocycles. The second kappa shape index (κ2) is 9.81. The van der Waals surface area contributed by atoms with E-state index in [-0.39, 0.29) is 11.3 Å². The van der Waals surface area contributed by atoms with Crippen LogP contribution in [-0.4, -0.2) is 21.2 Å². The highest BCUT2D eigenvalue weighted by Crippen LogP contribution is 2.34. The number of benzene rings is 4. The molecular weight excluding hydrogens is 501 g/mol. The molecule has 0 saturated carbocycles. The van der Waals surface area contributed by atoms with Gasteiger partial charge < -0.3 is 9.52 Å². The zero-order valence-corrected chi connectivity index (χ0v) is 20.1. The Hall–Kier alpha value is -4.20. The molecule has 0 fully saturated rings. The minimum Gasteiger partial charge on any atom is -0.502 e. The molecule has 5 rings (SSSR count). The third-order valence-electron chi connectivity index (χ3n) is 5.51. The number of aromatic nitrogens is 1. The predicted octanol–water partition coefficient (Wildman–Crippen LogP) is 7.76. The Balaban J connectivity index is 1.47. The minimum atomic E-state index is -0.605. The number of nitrogens with zero attached hydrogens (tertiary/aromatic N) is 3. The van der Waals surface area contributed by atoms with E-state index >= 15 is 0 Å². The molecule has 0 unspecified atom stereocenters. The van der Waals surface area contributed by atoms with Gasteiger partial charge in [0.15, 0.2) is 5.58 Å². The number of nitro groups is 1. The highest BCUT2D eigenvalue weighted by molar-refractivity contribution is 6.36. The van der Waals surface area contributed by atoms with Crippen LogP contribution in [0.15, 0.2) is 88.3 Å². The van der Waals surface area contributed by atoms with Crippen molar-refractivity contribution in [2.24, 2.45) is 4.99 Å². The van der Waals surface area contributed by atoms with Gasteiger partial charge in [-0.2, -0.15) is 0 Å². The molecule has 0 spiro atoms. The molecule has 36 heavy (non-hydrogen) atoms. The zero-order chi connectivity index (χ0) is 25.2. The average Bonchev–Trinajstić information content (AvgIpc) is 3.27. The number of fused-ring (bicyclic) bond motifs is 1. The Morgan fingerprint density at radius 3 is 2.56 bits per heavy atom. The summed E-state index contributed by atoms with van der Waals surface area (Å²) >= 11 is 12.2. The van der Waals surface area contributed by atoms with Crippen LogP contribution in [0.1, 0.15) is 16.7 Å². The van der Waals surface area contributed by atoms with E-state index in [1.165, 1.54) is 12.3 Å². The lowest BCUT2D eigenvalue weighted by Gasteiger charge is -2.06. The van der Waals surface area contributed by atoms with Crippen molar-refractivity contribution in [2.45, 2.75) is 6.42 Å². The average molecular weight is 518 g/mol. The van der Waals surface area contributed by atoms with Gasteiger partial charge in [-0.3, -0.25) is 15.1 Å². The molecule has 1 heterocycles. The number of phenols is 1. The third kappa shape index (κ3) is 4.93. The number of hydrogen-bond acceptors (Lipinski definition) is 6. The highest BCUT2D eigenvalue weighted by Gasteiger charge is 2.19. The fourth-order valence-electron chi connectivity index (χ4n) is 3.79. The van der Waals surface area contributed by atoms with Gasteiger partial charge in [0.2, 0.25) is 11.6 Å². The number of aromatic hydroxyl groups is 1. The molecule has 0 aliphatic heterocycles. The van der Waals surface area contributed by atoms with Crippen LogP contribution in [0.5, 0.6) is 5.75 Å². The second-order valence-electron chi connectivity index (χ2n) is 8.03. The van der Waals surface area contributed by atoms with Crippen molar-refractivity contribution in [3.05, 3.63) is 116 Å². The Morgan fingerprint density at radius 2 is 1.81 bits per heavy atom. The van der Waals surface area contributed by atoms with E-state index in [1.807, 2.05) is 30.3 Å². The molecule has 0 radical (unpaired) electrons. The quantitative estimate of drug-likeness (QED) is 0.141. The Labute approximate surface area is 215 Å². The monoisotopic (exact) mass is 517 g/mol. The lowest BCUT2D eigenvalue weighted by Crippen LogP contribution is -1.97. The van der Waals surface area contributed by atoms with E-state index in [9.17, 15) is 15.2 Å². The standard InChI is InChI=1S/C27H17Cl2N3O4/c28-19-6-8-21(22(29)13-19)27-31-23-14-20(7-9-25(23)36-27)30-15-18-11-17(10-16-4-2-1-3-5-16)12-24(26(18)33)32(34)35/h1-9,11-15,33H,10H2. The van der Waals surface area contributed by atoms with Crippen LogP contribution in [0.3, 0.4) is 0 Å². The number of oxazole rings is 1. The van der Waals surface area contributed by atoms with Crippen molar-refractivity contribution in [1.82, 2.24) is 4.98 Å². The third-order valence-corrected chi connectivity index (χ3v) is 6.06. The number of hydrogen-bond donors (Lipinski definition) is 1. The summed E-state index contributed by atoms with van der Waals surface area (Å²) < 4.78 is 5.82. The second-order valence-corrected chi connectivity index (χ2v) is 8.87. The summed E-state index contributed by atoms with van der Waals surface area (Å²) in [5.74, 6) is -0.0996. The first-order valence-electron chi connectivity index (χ1n) is 10.8. The fraction of sp³-hybridized carbons (Fsp3) is 0.0370. The molecule has 0 atom stereocenters. The first kappa shape index (κ1) is 23.5. The first-order valence-corrected chi connectivity index (χ1v) is 11.6. The van der Waals surface area contributed by atoms with Gasteiger partial charge in [-0.1, -0.05) is 53.5 Å². The fourth-order valence-corrected chi connectivity index (χ4v) is 4.28. The molecule has 178 valence electrons. The molecule has 0 saturated heterocycles. The van der Waals surface area contributed by atoms with Crippen LogP contribution in [0.4, 0.5) is 11.4 Å². The van der Waals surface area contributed by atoms with Crippen molar-refractivity contribution < 1.29 is 14.4 Å². The van der Waals surface area contributed by atoms with Crippen molar-refractivity contribution in [3.8, 4) is 17.2 Å². The van der Waals surface area contributed by atoms with E-state index in [4.69, 9.17) is 27.6 Å². The molecule has 9 heteroatoms. The lowest BCUT2D eigenvalue weighted by atomic mass is 10.0. The van der Waals surface area contributed by atoms with Gasteiger partial charge in [-0.25, -0.2) is 4.98 Å². The van der Waals surface area contributed by atoms with Gasteiger partial charge >= 0.3 is 5.69 Å². The topological polar surface area (TPSA) is 102 Å². The summed E-state index contributed by atoms with van der Waals surface area (Å²) in [6, 6.07) is 22.8. The van der Waals surface area contributed by atoms with Crippen LogP contribution in [0.25, 0.3) is 22.6 Å². The Morgan fingerprint density at radius 1 is 1.00 bits per heavy atom. The van der Waals surface area contributed by atoms with Gasteiger partial charge in [-0.05, 0) is 60.0 Å². The Kier molecular flexibility index (Phi) is 6.41. The van der Waals surface area contributed by atoms with E-state index in [0.717, 1.165) is 5.56 Å². The van der Waals surface area contributed by atoms with Gasteiger partial charge in [-0.15, -0.1) is 0 Å². The smallest absolute Gasteiger partial charge is 0.311 e. The molecule has 4 aromatic carbocycles. The van der Waals surface area contributed by atoms with E-state index in [0.29, 0.717) is 50.3 Å². The van der Waals surface area contributed by atoms with Crippen LogP contribution in [-0.2, 0) is 6.42 Å². The van der Waals surface area contributed by atoms with Crippen LogP contribution < -0.4 is 0 Å². The molecule has 0 aliphatic carbocycles. The number of rotatable bonds is 6. The molecule has 0 aliphatic rings. The van der Waals surface area contributed by atoms with Gasteiger partial charge in [0.25, 0.3) is 0 Å². The van der Waals surface area contributed by atoms with E-state index < -0.39 is 10.7 Å². The number of nitro benzene ring substituents is 1. The molecule has 7 nitrogen and oxygen atoms in total. The number of phenolic OH excluding ortho intramolecular Hbond substituents is 1. The number of aliphatic imine (C=N–C) groups is 1. The number of halogens is 2. The molecule has 0 bridgehead atoms. The van der Waals surface area contributed by atoms with Crippen LogP contribution in [0, 0.1) is 10.1 Å². The van der Waals surface area contributed by atoms with E-state index in [1.54, 1.807) is 42.5 Å². The molecule has 1 N–H and O–H groups in total.